The van der Waals surface area contributed by atoms with Crippen molar-refractivity contribution in [2.24, 2.45) is 0 Å². The summed E-state index contributed by atoms with van der Waals surface area (Å²) in [4.78, 5) is 12.4. The molecule has 3 rings (SSSR count). The second-order valence-corrected chi connectivity index (χ2v) is 6.50. The lowest BCUT2D eigenvalue weighted by Gasteiger charge is -2.17. The van der Waals surface area contributed by atoms with Gasteiger partial charge in [-0.1, -0.05) is 72.8 Å². The van der Waals surface area contributed by atoms with Crippen molar-refractivity contribution >= 4 is 16.7 Å². The first-order valence-electron chi connectivity index (χ1n) is 8.80. The van der Waals surface area contributed by atoms with Crippen LogP contribution in [0.25, 0.3) is 10.8 Å². The van der Waals surface area contributed by atoms with E-state index in [2.05, 4.69) is 54.0 Å². The topological polar surface area (TPSA) is 45.7 Å². The molecule has 0 unspecified atom stereocenters. The maximum atomic E-state index is 12.4. The van der Waals surface area contributed by atoms with Crippen LogP contribution < -0.4 is 10.6 Å². The summed E-state index contributed by atoms with van der Waals surface area (Å²) >= 11 is 0. The van der Waals surface area contributed by atoms with Gasteiger partial charge in [-0.3, -0.25) is 4.79 Å². The van der Waals surface area contributed by atoms with Gasteiger partial charge in [-0.05, 0) is 30.2 Å². The Morgan fingerprint density at radius 3 is 2.40 bits per heavy atom. The van der Waals surface area contributed by atoms with Crippen molar-refractivity contribution in [1.29, 1.82) is 0 Å². The molecule has 3 nitrogen and oxygen atoms in total. The molecule has 0 bridgehead atoms. The van der Waals surface area contributed by atoms with Gasteiger partial charge in [-0.25, -0.2) is 0 Å². The van der Waals surface area contributed by atoms with Crippen molar-refractivity contribution in [1.82, 2.24) is 5.32 Å². The van der Waals surface area contributed by atoms with E-state index in [1.807, 2.05) is 43.3 Å². The van der Waals surface area contributed by atoms with Crippen LogP contribution in [0.15, 0.2) is 72.8 Å². The van der Waals surface area contributed by atoms with E-state index in [4.69, 9.17) is 0 Å². The molecule has 3 heteroatoms. The summed E-state index contributed by atoms with van der Waals surface area (Å²) in [6.45, 7) is 4.59. The summed E-state index contributed by atoms with van der Waals surface area (Å²) in [6, 6.07) is 25.0. The van der Waals surface area contributed by atoms with E-state index < -0.39 is 0 Å². The van der Waals surface area contributed by atoms with E-state index in [9.17, 15) is 4.79 Å². The zero-order valence-corrected chi connectivity index (χ0v) is 14.8. The molecule has 0 fully saturated rings. The Balaban J connectivity index is 1.61. The predicted octanol–water partition coefficient (Wildman–Crippen LogP) is 3.34. The molecular weight excluding hydrogens is 308 g/mol. The van der Waals surface area contributed by atoms with Gasteiger partial charge in [-0.15, -0.1) is 0 Å². The third-order valence-electron chi connectivity index (χ3n) is 4.65. The van der Waals surface area contributed by atoms with Crippen LogP contribution in [0, 0.1) is 0 Å². The fraction of sp³-hybridized carbons (Fsp3) is 0.227. The average Bonchev–Trinajstić information content (AvgIpc) is 2.66. The van der Waals surface area contributed by atoms with Crippen LogP contribution in [-0.2, 0) is 4.79 Å². The first kappa shape index (κ1) is 17.2. The van der Waals surface area contributed by atoms with E-state index >= 15 is 0 Å². The average molecular weight is 333 g/mol. The summed E-state index contributed by atoms with van der Waals surface area (Å²) in [5.41, 5.74) is 2.39. The van der Waals surface area contributed by atoms with Gasteiger partial charge >= 0.3 is 0 Å². The summed E-state index contributed by atoms with van der Waals surface area (Å²) in [6.07, 6.45) is 0. The Morgan fingerprint density at radius 1 is 0.920 bits per heavy atom. The van der Waals surface area contributed by atoms with Gasteiger partial charge in [-0.2, -0.15) is 0 Å². The molecule has 0 heterocycles. The van der Waals surface area contributed by atoms with Crippen LogP contribution in [0.4, 0.5) is 0 Å². The minimum absolute atomic E-state index is 0.0148. The summed E-state index contributed by atoms with van der Waals surface area (Å²) < 4.78 is 0. The maximum absolute atomic E-state index is 12.4. The fourth-order valence-corrected chi connectivity index (χ4v) is 3.18. The smallest absolute Gasteiger partial charge is 0.275 e. The van der Waals surface area contributed by atoms with Gasteiger partial charge < -0.3 is 10.6 Å². The number of benzene rings is 3. The van der Waals surface area contributed by atoms with Crippen LogP contribution in [0.1, 0.15) is 37.1 Å². The Hall–Kier alpha value is -2.65. The highest BCUT2D eigenvalue weighted by Gasteiger charge is 2.15. The Morgan fingerprint density at radius 2 is 1.60 bits per heavy atom. The van der Waals surface area contributed by atoms with Crippen molar-refractivity contribution in [3.63, 3.8) is 0 Å². The SMILES string of the molecule is C[C@H]([NH2+]CC(=O)N[C@H](C)c1cccc2ccccc12)c1ccccc1. The van der Waals surface area contributed by atoms with Gasteiger partial charge in [0.25, 0.3) is 5.91 Å². The number of hydrogen-bond acceptors (Lipinski definition) is 1. The molecule has 0 aliphatic rings. The predicted molar refractivity (Wildman–Crippen MR) is 102 cm³/mol. The van der Waals surface area contributed by atoms with Crippen LogP contribution in [0.2, 0.25) is 0 Å². The quantitative estimate of drug-likeness (QED) is 0.714. The van der Waals surface area contributed by atoms with Crippen molar-refractivity contribution < 1.29 is 10.1 Å². The lowest BCUT2D eigenvalue weighted by atomic mass is 10.00. The minimum Gasteiger partial charge on any atom is -0.345 e. The number of hydrogen-bond donors (Lipinski definition) is 2. The number of nitrogens with two attached hydrogens (primary N) is 1. The van der Waals surface area contributed by atoms with E-state index in [1.165, 1.54) is 16.3 Å². The number of carbonyl (C=O) groups excluding carboxylic acids is 1. The molecule has 1 amide bonds. The molecule has 0 aliphatic carbocycles. The molecule has 0 saturated heterocycles. The maximum Gasteiger partial charge on any atom is 0.275 e. The van der Waals surface area contributed by atoms with Crippen molar-refractivity contribution in [3.8, 4) is 0 Å². The van der Waals surface area contributed by atoms with E-state index in [-0.39, 0.29) is 18.0 Å². The number of amides is 1. The molecule has 3 aromatic rings. The second-order valence-electron chi connectivity index (χ2n) is 6.50. The number of fused-ring (bicyclic) bond motifs is 1. The minimum atomic E-state index is -0.0148. The van der Waals surface area contributed by atoms with Crippen molar-refractivity contribution in [2.75, 3.05) is 6.54 Å². The van der Waals surface area contributed by atoms with E-state index in [0.717, 1.165) is 5.56 Å². The number of carbonyl (C=O) groups is 1. The summed E-state index contributed by atoms with van der Waals surface area (Å²) in [5.74, 6) is 0.0585. The molecule has 2 atom stereocenters. The fourth-order valence-electron chi connectivity index (χ4n) is 3.18. The lowest BCUT2D eigenvalue weighted by Crippen LogP contribution is -2.87. The third-order valence-corrected chi connectivity index (χ3v) is 4.65. The lowest BCUT2D eigenvalue weighted by molar-refractivity contribution is -0.682. The monoisotopic (exact) mass is 333 g/mol. The molecule has 25 heavy (non-hydrogen) atoms. The standard InChI is InChI=1S/C22H24N2O/c1-16(18-9-4-3-5-10-18)23-15-22(25)24-17(2)20-14-8-12-19-11-6-7-13-21(19)20/h3-14,16-17,23H,15H2,1-2H3,(H,24,25)/p+1/t16-,17+/m0/s1. The van der Waals surface area contributed by atoms with Crippen LogP contribution in [0.3, 0.4) is 0 Å². The zero-order chi connectivity index (χ0) is 17.6. The molecule has 3 aromatic carbocycles. The highest BCUT2D eigenvalue weighted by atomic mass is 16.1. The molecule has 3 N–H and O–H groups in total. The van der Waals surface area contributed by atoms with Gasteiger partial charge in [0, 0.05) is 5.56 Å². The van der Waals surface area contributed by atoms with Crippen LogP contribution >= 0.6 is 0 Å². The van der Waals surface area contributed by atoms with Crippen LogP contribution in [-0.4, -0.2) is 12.5 Å². The molecule has 0 spiro atoms. The summed E-state index contributed by atoms with van der Waals surface area (Å²) in [5, 5.41) is 7.59. The molecule has 0 saturated carbocycles. The van der Waals surface area contributed by atoms with Gasteiger partial charge in [0.1, 0.15) is 6.04 Å². The first-order chi connectivity index (χ1) is 12.1. The highest BCUT2D eigenvalue weighted by Crippen LogP contribution is 2.23. The van der Waals surface area contributed by atoms with Gasteiger partial charge in [0.05, 0.1) is 6.04 Å². The number of quaternary nitrogens is 1. The van der Waals surface area contributed by atoms with Crippen LogP contribution in [0.5, 0.6) is 0 Å². The van der Waals surface area contributed by atoms with E-state index in [0.29, 0.717) is 6.54 Å². The normalized spacial score (nSPS) is 13.4. The summed E-state index contributed by atoms with van der Waals surface area (Å²) in [7, 11) is 0. The molecule has 0 radical (unpaired) electrons. The molecule has 128 valence electrons. The highest BCUT2D eigenvalue weighted by molar-refractivity contribution is 5.87. The molecule has 0 aromatic heterocycles. The van der Waals surface area contributed by atoms with Crippen molar-refractivity contribution in [3.05, 3.63) is 83.9 Å². The Labute approximate surface area is 149 Å². The first-order valence-corrected chi connectivity index (χ1v) is 8.80. The largest absolute Gasteiger partial charge is 0.345 e. The third kappa shape index (κ3) is 4.25. The van der Waals surface area contributed by atoms with Gasteiger partial charge in [0.15, 0.2) is 6.54 Å². The van der Waals surface area contributed by atoms with Gasteiger partial charge in [0.2, 0.25) is 0 Å². The van der Waals surface area contributed by atoms with Crippen molar-refractivity contribution in [2.45, 2.75) is 25.9 Å². The Bertz CT molecular complexity index is 840. The number of nitrogens with one attached hydrogen (secondary N) is 1. The second kappa shape index (κ2) is 7.95. The number of rotatable bonds is 6. The Kier molecular flexibility index (Phi) is 5.46. The van der Waals surface area contributed by atoms with E-state index in [1.54, 1.807) is 0 Å². The molecular formula is C22H25N2O+. The zero-order valence-electron chi connectivity index (χ0n) is 14.8. The molecule has 0 aliphatic heterocycles.